The maximum absolute atomic E-state index is 13.3. The SMILES string of the molecule is COc1cc2c(c(O)c1C(C)=O)-c1c(C)cc(O)c3c1[C@H](O2)c1cccc(O)c1C3=O. The highest BCUT2D eigenvalue weighted by atomic mass is 16.5. The normalized spacial score (nSPS) is 15.5. The van der Waals surface area contributed by atoms with Crippen molar-refractivity contribution in [2.24, 2.45) is 0 Å². The van der Waals surface area contributed by atoms with Gasteiger partial charge in [-0.15, -0.1) is 0 Å². The quantitative estimate of drug-likeness (QED) is 0.539. The number of hydrogen-bond acceptors (Lipinski definition) is 7. The molecular formula is C24H18O7. The third-order valence-electron chi connectivity index (χ3n) is 5.91. The largest absolute Gasteiger partial charge is 0.507 e. The molecule has 3 aromatic carbocycles. The van der Waals surface area contributed by atoms with Crippen molar-refractivity contribution >= 4 is 11.6 Å². The summed E-state index contributed by atoms with van der Waals surface area (Å²) in [6.07, 6.45) is -0.810. The summed E-state index contributed by atoms with van der Waals surface area (Å²) in [5.74, 6) is -1.28. The molecule has 2 aliphatic rings. The lowest BCUT2D eigenvalue weighted by atomic mass is 9.75. The molecule has 0 amide bonds. The van der Waals surface area contributed by atoms with E-state index < -0.39 is 17.7 Å². The fraction of sp³-hybridized carbons (Fsp3) is 0.167. The predicted octanol–water partition coefficient (Wildman–Crippen LogP) is 4.02. The number of phenols is 3. The molecule has 0 radical (unpaired) electrons. The Morgan fingerprint density at radius 3 is 2.45 bits per heavy atom. The molecule has 156 valence electrons. The number of fused-ring (bicyclic) bond motifs is 4. The van der Waals surface area contributed by atoms with Crippen LogP contribution < -0.4 is 9.47 Å². The molecule has 0 unspecified atom stereocenters. The average molecular weight is 418 g/mol. The Hall–Kier alpha value is -4.00. The van der Waals surface area contributed by atoms with E-state index in [9.17, 15) is 24.9 Å². The molecule has 1 aliphatic carbocycles. The fourth-order valence-corrected chi connectivity index (χ4v) is 4.67. The lowest BCUT2D eigenvalue weighted by molar-refractivity contribution is 0.0998. The van der Waals surface area contributed by atoms with Crippen molar-refractivity contribution in [3.8, 4) is 39.9 Å². The van der Waals surface area contributed by atoms with Gasteiger partial charge in [0.1, 0.15) is 34.3 Å². The molecule has 3 N–H and O–H groups in total. The zero-order chi connectivity index (χ0) is 22.2. The highest BCUT2D eigenvalue weighted by molar-refractivity contribution is 6.17. The Labute approximate surface area is 177 Å². The van der Waals surface area contributed by atoms with Gasteiger partial charge in [0.05, 0.1) is 23.8 Å². The molecule has 0 fully saturated rings. The molecule has 1 aliphatic heterocycles. The Balaban J connectivity index is 1.94. The van der Waals surface area contributed by atoms with Gasteiger partial charge in [-0.2, -0.15) is 0 Å². The topological polar surface area (TPSA) is 113 Å². The molecule has 3 aromatic rings. The van der Waals surface area contributed by atoms with Crippen molar-refractivity contribution in [1.29, 1.82) is 0 Å². The van der Waals surface area contributed by atoms with Crippen molar-refractivity contribution < 1.29 is 34.4 Å². The third-order valence-corrected chi connectivity index (χ3v) is 5.91. The number of ether oxygens (including phenoxy) is 2. The predicted molar refractivity (Wildman–Crippen MR) is 111 cm³/mol. The van der Waals surface area contributed by atoms with E-state index in [1.54, 1.807) is 19.1 Å². The molecule has 0 saturated heterocycles. The van der Waals surface area contributed by atoms with E-state index in [-0.39, 0.29) is 51.0 Å². The van der Waals surface area contributed by atoms with Gasteiger partial charge in [-0.05, 0) is 31.5 Å². The summed E-state index contributed by atoms with van der Waals surface area (Å²) in [7, 11) is 1.39. The molecule has 0 saturated carbocycles. The van der Waals surface area contributed by atoms with E-state index in [1.165, 1.54) is 32.2 Å². The smallest absolute Gasteiger partial charge is 0.201 e. The second-order valence-corrected chi connectivity index (χ2v) is 7.68. The number of phenolic OH excluding ortho intramolecular Hbond substituents is 3. The van der Waals surface area contributed by atoms with Crippen LogP contribution in [0.3, 0.4) is 0 Å². The first-order chi connectivity index (χ1) is 14.8. The zero-order valence-electron chi connectivity index (χ0n) is 16.9. The van der Waals surface area contributed by atoms with Crippen LogP contribution in [-0.4, -0.2) is 34.0 Å². The number of aryl methyl sites for hydroxylation is 1. The molecule has 31 heavy (non-hydrogen) atoms. The average Bonchev–Trinajstić information content (AvgIpc) is 2.71. The van der Waals surface area contributed by atoms with Gasteiger partial charge in [-0.1, -0.05) is 12.1 Å². The fourth-order valence-electron chi connectivity index (χ4n) is 4.67. The van der Waals surface area contributed by atoms with Crippen LogP contribution in [0.5, 0.6) is 28.7 Å². The van der Waals surface area contributed by atoms with E-state index in [1.807, 2.05) is 0 Å². The van der Waals surface area contributed by atoms with E-state index in [2.05, 4.69) is 0 Å². The van der Waals surface area contributed by atoms with Crippen molar-refractivity contribution in [3.63, 3.8) is 0 Å². The standard InChI is InChI=1S/C24H18O7/c1-9-7-13(27)19-21-16(9)20-15(8-14(30-3)17(10(2)25)22(20)28)31-24(21)11-5-4-6-12(26)18(11)23(19)29/h4-8,24,26-28H,1-3H3/t24-/m1/s1. The van der Waals surface area contributed by atoms with Crippen LogP contribution in [0.25, 0.3) is 11.1 Å². The van der Waals surface area contributed by atoms with Crippen molar-refractivity contribution in [2.45, 2.75) is 20.0 Å². The molecule has 0 aromatic heterocycles. The zero-order valence-corrected chi connectivity index (χ0v) is 16.9. The van der Waals surface area contributed by atoms with Gasteiger partial charge < -0.3 is 24.8 Å². The van der Waals surface area contributed by atoms with Gasteiger partial charge in [0.25, 0.3) is 0 Å². The summed E-state index contributed by atoms with van der Waals surface area (Å²) in [4.78, 5) is 25.5. The van der Waals surface area contributed by atoms with Crippen molar-refractivity contribution in [1.82, 2.24) is 0 Å². The number of aromatic hydroxyl groups is 3. The molecule has 0 spiro atoms. The van der Waals surface area contributed by atoms with E-state index in [0.29, 0.717) is 22.3 Å². The molecule has 5 rings (SSSR count). The minimum Gasteiger partial charge on any atom is -0.507 e. The first-order valence-electron chi connectivity index (χ1n) is 9.61. The second kappa shape index (κ2) is 6.25. The number of ketones is 2. The Bertz CT molecular complexity index is 1340. The van der Waals surface area contributed by atoms with E-state index >= 15 is 0 Å². The third kappa shape index (κ3) is 2.34. The van der Waals surface area contributed by atoms with Crippen LogP contribution in [0.1, 0.15) is 56.0 Å². The molecule has 7 nitrogen and oxygen atoms in total. The summed E-state index contributed by atoms with van der Waals surface area (Å²) in [6.45, 7) is 3.05. The minimum atomic E-state index is -0.810. The molecule has 7 heteroatoms. The van der Waals surface area contributed by atoms with Crippen molar-refractivity contribution in [2.75, 3.05) is 7.11 Å². The first kappa shape index (κ1) is 19.0. The number of Topliss-reactive ketones (excluding diaryl/α,β-unsaturated/α-hetero) is 1. The van der Waals surface area contributed by atoms with Crippen LogP contribution in [0.4, 0.5) is 0 Å². The molecule has 1 heterocycles. The Morgan fingerprint density at radius 1 is 1.03 bits per heavy atom. The number of hydrogen-bond donors (Lipinski definition) is 3. The van der Waals surface area contributed by atoms with Crippen molar-refractivity contribution in [3.05, 3.63) is 63.7 Å². The summed E-state index contributed by atoms with van der Waals surface area (Å²) in [5.41, 5.74) is 2.26. The van der Waals surface area contributed by atoms with Gasteiger partial charge in [0, 0.05) is 22.8 Å². The van der Waals surface area contributed by atoms with Crippen LogP contribution in [-0.2, 0) is 0 Å². The van der Waals surface area contributed by atoms with E-state index in [4.69, 9.17) is 9.47 Å². The number of methoxy groups -OCH3 is 1. The highest BCUT2D eigenvalue weighted by Gasteiger charge is 2.43. The van der Waals surface area contributed by atoms with Gasteiger partial charge in [-0.3, -0.25) is 9.59 Å². The summed E-state index contributed by atoms with van der Waals surface area (Å²) >= 11 is 0. The maximum atomic E-state index is 13.3. The summed E-state index contributed by atoms with van der Waals surface area (Å²) < 4.78 is 11.5. The van der Waals surface area contributed by atoms with Gasteiger partial charge >= 0.3 is 0 Å². The lowest BCUT2D eigenvalue weighted by Crippen LogP contribution is -2.27. The van der Waals surface area contributed by atoms with Crippen LogP contribution in [0, 0.1) is 6.92 Å². The van der Waals surface area contributed by atoms with Gasteiger partial charge in [-0.25, -0.2) is 0 Å². The Morgan fingerprint density at radius 2 is 1.77 bits per heavy atom. The molecule has 0 bridgehead atoms. The minimum absolute atomic E-state index is 0.00436. The highest BCUT2D eigenvalue weighted by Crippen LogP contribution is 2.57. The number of carbonyl (C=O) groups excluding carboxylic acids is 2. The summed E-state index contributed by atoms with van der Waals surface area (Å²) in [6, 6.07) is 7.64. The Kier molecular flexibility index (Phi) is 3.83. The van der Waals surface area contributed by atoms with Crippen LogP contribution >= 0.6 is 0 Å². The maximum Gasteiger partial charge on any atom is 0.201 e. The second-order valence-electron chi connectivity index (χ2n) is 7.68. The van der Waals surface area contributed by atoms with Gasteiger partial charge in [0.2, 0.25) is 5.78 Å². The van der Waals surface area contributed by atoms with Crippen LogP contribution in [0.2, 0.25) is 0 Å². The van der Waals surface area contributed by atoms with Gasteiger partial charge in [0.15, 0.2) is 11.9 Å². The number of benzene rings is 3. The number of rotatable bonds is 2. The summed E-state index contributed by atoms with van der Waals surface area (Å²) in [5, 5.41) is 32.1. The van der Waals surface area contributed by atoms with E-state index in [0.717, 1.165) is 0 Å². The lowest BCUT2D eigenvalue weighted by Gasteiger charge is -2.36. The number of carbonyl (C=O) groups is 2. The first-order valence-corrected chi connectivity index (χ1v) is 9.61. The molecular weight excluding hydrogens is 400 g/mol. The van der Waals surface area contributed by atoms with Crippen LogP contribution in [0.15, 0.2) is 30.3 Å². The monoisotopic (exact) mass is 418 g/mol. The molecule has 1 atom stereocenters.